The van der Waals surface area contributed by atoms with E-state index in [0.717, 1.165) is 11.3 Å². The molecular weight excluding hydrogens is 421 g/mol. The zero-order valence-corrected chi connectivity index (χ0v) is 16.7. The summed E-state index contributed by atoms with van der Waals surface area (Å²) in [7, 11) is 0. The number of nitrogens with zero attached hydrogens (tertiary/aromatic N) is 2. The molecule has 5 nitrogen and oxygen atoms in total. The van der Waals surface area contributed by atoms with Crippen molar-refractivity contribution in [2.24, 2.45) is 35.5 Å². The maximum Gasteiger partial charge on any atom is 0.471 e. The Morgan fingerprint density at radius 1 is 1.13 bits per heavy atom. The number of imide groups is 1. The third-order valence-electron chi connectivity index (χ3n) is 7.05. The molecule has 30 heavy (non-hydrogen) atoms. The largest absolute Gasteiger partial charge is 0.471 e. The Hall–Kier alpha value is -2.35. The molecule has 1 heterocycles. The van der Waals surface area contributed by atoms with Crippen LogP contribution < -0.4 is 4.90 Å². The number of allylic oxidation sites excluding steroid dienone is 2. The molecule has 1 saturated heterocycles. The van der Waals surface area contributed by atoms with Crippen LogP contribution in [-0.2, 0) is 14.4 Å². The van der Waals surface area contributed by atoms with E-state index in [4.69, 9.17) is 11.6 Å². The molecule has 4 aliphatic carbocycles. The van der Waals surface area contributed by atoms with Gasteiger partial charge in [-0.1, -0.05) is 29.8 Å². The summed E-state index contributed by atoms with van der Waals surface area (Å²) in [6.45, 7) is 0.707. The van der Waals surface area contributed by atoms with Crippen molar-refractivity contribution in [1.29, 1.82) is 0 Å². The van der Waals surface area contributed by atoms with Crippen molar-refractivity contribution in [2.75, 3.05) is 11.6 Å². The van der Waals surface area contributed by atoms with E-state index in [0.29, 0.717) is 16.7 Å². The fraction of sp³-hybridized carbons (Fsp3) is 0.476. The Kier molecular flexibility index (Phi) is 4.13. The molecule has 158 valence electrons. The van der Waals surface area contributed by atoms with Gasteiger partial charge in [0, 0.05) is 5.02 Å². The van der Waals surface area contributed by atoms with E-state index in [9.17, 15) is 27.6 Å². The van der Waals surface area contributed by atoms with E-state index < -0.39 is 42.4 Å². The summed E-state index contributed by atoms with van der Waals surface area (Å²) in [6, 6.07) is 4.24. The average Bonchev–Trinajstić information content (AvgIpc) is 3.47. The molecule has 6 atom stereocenters. The Morgan fingerprint density at radius 2 is 1.70 bits per heavy atom. The molecule has 2 bridgehead atoms. The fourth-order valence-electron chi connectivity index (χ4n) is 5.59. The number of likely N-dealkylation sites (tertiary alicyclic amines) is 1. The van der Waals surface area contributed by atoms with Crippen LogP contribution in [0.1, 0.15) is 12.0 Å². The molecule has 1 aliphatic heterocycles. The van der Waals surface area contributed by atoms with Gasteiger partial charge in [-0.15, -0.1) is 0 Å². The van der Waals surface area contributed by atoms with Gasteiger partial charge in [0.15, 0.2) is 0 Å². The lowest BCUT2D eigenvalue weighted by atomic mass is 9.63. The second-order valence-electron chi connectivity index (χ2n) is 8.52. The summed E-state index contributed by atoms with van der Waals surface area (Å²) in [5.74, 6) is -3.56. The average molecular weight is 439 g/mol. The van der Waals surface area contributed by atoms with E-state index >= 15 is 0 Å². The predicted octanol–water partition coefficient (Wildman–Crippen LogP) is 3.55. The molecule has 5 aliphatic rings. The first-order valence-corrected chi connectivity index (χ1v) is 10.2. The fourth-order valence-corrected chi connectivity index (χ4v) is 5.76. The summed E-state index contributed by atoms with van der Waals surface area (Å²) in [4.78, 5) is 39.7. The lowest BCUT2D eigenvalue weighted by Gasteiger charge is -2.37. The van der Waals surface area contributed by atoms with Crippen LogP contribution in [-0.4, -0.2) is 35.5 Å². The summed E-state index contributed by atoms with van der Waals surface area (Å²) in [5.41, 5.74) is 0.181. The van der Waals surface area contributed by atoms with E-state index in [1.165, 1.54) is 25.1 Å². The van der Waals surface area contributed by atoms with Gasteiger partial charge in [-0.2, -0.15) is 13.2 Å². The van der Waals surface area contributed by atoms with Crippen molar-refractivity contribution in [1.82, 2.24) is 4.90 Å². The molecule has 0 aromatic heterocycles. The highest BCUT2D eigenvalue weighted by Gasteiger charge is 2.67. The number of anilines is 1. The molecule has 1 aromatic carbocycles. The van der Waals surface area contributed by atoms with Crippen molar-refractivity contribution in [3.8, 4) is 0 Å². The molecule has 6 rings (SSSR count). The zero-order valence-electron chi connectivity index (χ0n) is 15.9. The van der Waals surface area contributed by atoms with Crippen LogP contribution in [0, 0.1) is 42.4 Å². The Balaban J connectivity index is 1.50. The highest BCUT2D eigenvalue weighted by atomic mass is 35.5. The van der Waals surface area contributed by atoms with Crippen LogP contribution in [0.3, 0.4) is 0 Å². The second kappa shape index (κ2) is 6.33. The van der Waals surface area contributed by atoms with Gasteiger partial charge in [-0.3, -0.25) is 24.2 Å². The minimum atomic E-state index is -5.17. The van der Waals surface area contributed by atoms with Gasteiger partial charge in [0.1, 0.15) is 6.67 Å². The Bertz CT molecular complexity index is 972. The molecule has 0 spiro atoms. The maximum atomic E-state index is 13.3. The van der Waals surface area contributed by atoms with E-state index in [1.54, 1.807) is 0 Å². The highest BCUT2D eigenvalue weighted by Crippen LogP contribution is 2.65. The number of halogens is 4. The standard InChI is InChI=1S/C21H18ClF3N2O3/c1-9-14(22)3-2-4-15(9)26(20(30)21(23,24)25)8-27-18(28)16-10-5-6-11(13-7-12(10)13)17(16)19(27)29/h2-6,10-13,16-17H,7-8H2,1H3/t10-,11-,12-,13+,16-,17+/m1/s1. The SMILES string of the molecule is Cc1c(Cl)cccc1N(CN1C(=O)[C@@H]2[C@@H]3C=C[C@H]([C@@H]4C[C@H]34)[C@@H]2C1=O)C(=O)C(F)(F)F. The van der Waals surface area contributed by atoms with Crippen molar-refractivity contribution >= 4 is 35.0 Å². The number of rotatable bonds is 3. The number of carbonyl (C=O) groups is 3. The minimum Gasteiger partial charge on any atom is -0.285 e. The zero-order chi connectivity index (χ0) is 21.5. The highest BCUT2D eigenvalue weighted by molar-refractivity contribution is 6.31. The van der Waals surface area contributed by atoms with Crippen LogP contribution in [0.2, 0.25) is 5.02 Å². The first-order valence-electron chi connectivity index (χ1n) is 9.78. The third kappa shape index (κ3) is 2.65. The summed E-state index contributed by atoms with van der Waals surface area (Å²) in [5, 5.41) is 0.183. The van der Waals surface area contributed by atoms with Crippen LogP contribution >= 0.6 is 11.6 Å². The maximum absolute atomic E-state index is 13.3. The van der Waals surface area contributed by atoms with Crippen LogP contribution in [0.5, 0.6) is 0 Å². The van der Waals surface area contributed by atoms with E-state index in [-0.39, 0.29) is 28.1 Å². The van der Waals surface area contributed by atoms with Crippen molar-refractivity contribution in [2.45, 2.75) is 19.5 Å². The van der Waals surface area contributed by atoms with Gasteiger partial charge in [0.25, 0.3) is 0 Å². The van der Waals surface area contributed by atoms with E-state index in [2.05, 4.69) is 0 Å². The molecule has 1 aromatic rings. The number of hydrogen-bond donors (Lipinski definition) is 0. The lowest BCUT2D eigenvalue weighted by molar-refractivity contribution is -0.171. The molecule has 0 radical (unpaired) electrons. The molecule has 3 amide bonds. The van der Waals surface area contributed by atoms with Crippen molar-refractivity contribution in [3.63, 3.8) is 0 Å². The molecule has 0 N–H and O–H groups in total. The van der Waals surface area contributed by atoms with Crippen LogP contribution in [0.25, 0.3) is 0 Å². The number of amides is 3. The molecule has 0 unspecified atom stereocenters. The molecule has 3 fully saturated rings. The summed E-state index contributed by atoms with van der Waals surface area (Å²) in [6.07, 6.45) is -0.227. The first-order chi connectivity index (χ1) is 14.1. The minimum absolute atomic E-state index is 0.0499. The second-order valence-corrected chi connectivity index (χ2v) is 8.92. The van der Waals surface area contributed by atoms with Gasteiger partial charge in [-0.05, 0) is 54.7 Å². The summed E-state index contributed by atoms with van der Waals surface area (Å²) < 4.78 is 40.0. The number of carbonyl (C=O) groups excluding carboxylic acids is 3. The quantitative estimate of drug-likeness (QED) is 0.535. The van der Waals surface area contributed by atoms with Crippen LogP contribution in [0.15, 0.2) is 30.4 Å². The van der Waals surface area contributed by atoms with Gasteiger partial charge in [0.2, 0.25) is 11.8 Å². The predicted molar refractivity (Wildman–Crippen MR) is 101 cm³/mol. The molecule has 2 saturated carbocycles. The monoisotopic (exact) mass is 438 g/mol. The third-order valence-corrected chi connectivity index (χ3v) is 7.46. The Labute approximate surface area is 175 Å². The van der Waals surface area contributed by atoms with Crippen molar-refractivity contribution < 1.29 is 27.6 Å². The number of alkyl halides is 3. The van der Waals surface area contributed by atoms with Gasteiger partial charge in [-0.25, -0.2) is 0 Å². The number of hydrogen-bond acceptors (Lipinski definition) is 3. The summed E-state index contributed by atoms with van der Waals surface area (Å²) >= 11 is 6.04. The van der Waals surface area contributed by atoms with E-state index in [1.807, 2.05) is 12.2 Å². The molecular formula is C21H18ClF3N2O3. The topological polar surface area (TPSA) is 57.7 Å². The van der Waals surface area contributed by atoms with Crippen molar-refractivity contribution in [3.05, 3.63) is 40.9 Å². The van der Waals surface area contributed by atoms with Gasteiger partial charge < -0.3 is 0 Å². The van der Waals surface area contributed by atoms with Gasteiger partial charge >= 0.3 is 12.1 Å². The Morgan fingerprint density at radius 3 is 2.23 bits per heavy atom. The normalized spacial score (nSPS) is 33.6. The first kappa shape index (κ1) is 19.6. The number of benzene rings is 1. The van der Waals surface area contributed by atoms with Gasteiger partial charge in [0.05, 0.1) is 17.5 Å². The smallest absolute Gasteiger partial charge is 0.285 e. The molecule has 9 heteroatoms. The van der Waals surface area contributed by atoms with Crippen LogP contribution in [0.4, 0.5) is 18.9 Å². The lowest BCUT2D eigenvalue weighted by Crippen LogP contribution is -2.49.